The number of carbonyl (C=O) groups excluding carboxylic acids is 1. The van der Waals surface area contributed by atoms with E-state index in [1.807, 2.05) is 37.3 Å². The smallest absolute Gasteiger partial charge is 0.407 e. The molecule has 0 saturated carbocycles. The SMILES string of the molecule is CC(NC(=O)OCc1ccccc1)C1CCCN1. The molecule has 2 N–H and O–H groups in total. The van der Waals surface area contributed by atoms with Crippen LogP contribution in [0.5, 0.6) is 0 Å². The van der Waals surface area contributed by atoms with E-state index in [1.54, 1.807) is 0 Å². The zero-order valence-corrected chi connectivity index (χ0v) is 10.7. The number of hydrogen-bond acceptors (Lipinski definition) is 3. The molecule has 0 radical (unpaired) electrons. The van der Waals surface area contributed by atoms with Crippen molar-refractivity contribution in [1.29, 1.82) is 0 Å². The number of alkyl carbamates (subject to hydrolysis) is 1. The van der Waals surface area contributed by atoms with Gasteiger partial charge in [-0.05, 0) is 31.9 Å². The Morgan fingerprint density at radius 1 is 1.50 bits per heavy atom. The Hall–Kier alpha value is -1.55. The summed E-state index contributed by atoms with van der Waals surface area (Å²) in [5, 5.41) is 6.23. The van der Waals surface area contributed by atoms with Crippen LogP contribution < -0.4 is 10.6 Å². The lowest BCUT2D eigenvalue weighted by molar-refractivity contribution is 0.134. The Kier molecular flexibility index (Phi) is 4.59. The molecule has 1 aliphatic heterocycles. The first-order valence-corrected chi connectivity index (χ1v) is 6.46. The van der Waals surface area contributed by atoms with E-state index in [0.717, 1.165) is 18.5 Å². The summed E-state index contributed by atoms with van der Waals surface area (Å²) in [5.41, 5.74) is 0.999. The average molecular weight is 248 g/mol. The molecule has 2 rings (SSSR count). The third kappa shape index (κ3) is 3.74. The van der Waals surface area contributed by atoms with Gasteiger partial charge in [0.15, 0.2) is 0 Å². The predicted octanol–water partition coefficient (Wildman–Crippen LogP) is 2.05. The molecule has 18 heavy (non-hydrogen) atoms. The van der Waals surface area contributed by atoms with Gasteiger partial charge in [-0.25, -0.2) is 4.79 Å². The standard InChI is InChI=1S/C14H20N2O2/c1-11(13-8-5-9-15-13)16-14(17)18-10-12-6-3-2-4-7-12/h2-4,6-7,11,13,15H,5,8-10H2,1H3,(H,16,17). The van der Waals surface area contributed by atoms with Crippen molar-refractivity contribution in [2.45, 2.75) is 38.5 Å². The molecule has 1 aromatic carbocycles. The van der Waals surface area contributed by atoms with E-state index in [-0.39, 0.29) is 12.1 Å². The summed E-state index contributed by atoms with van der Waals surface area (Å²) >= 11 is 0. The second kappa shape index (κ2) is 6.40. The van der Waals surface area contributed by atoms with Crippen LogP contribution in [0.3, 0.4) is 0 Å². The topological polar surface area (TPSA) is 50.4 Å². The maximum Gasteiger partial charge on any atom is 0.407 e. The first kappa shape index (κ1) is 12.9. The number of benzene rings is 1. The Morgan fingerprint density at radius 2 is 2.28 bits per heavy atom. The molecule has 1 saturated heterocycles. The number of rotatable bonds is 4. The van der Waals surface area contributed by atoms with Gasteiger partial charge in [0, 0.05) is 12.1 Å². The zero-order valence-electron chi connectivity index (χ0n) is 10.7. The summed E-state index contributed by atoms with van der Waals surface area (Å²) in [4.78, 5) is 11.6. The van der Waals surface area contributed by atoms with Crippen LogP contribution in [0.2, 0.25) is 0 Å². The van der Waals surface area contributed by atoms with Gasteiger partial charge in [0.05, 0.1) is 0 Å². The number of carbonyl (C=O) groups is 1. The molecule has 1 heterocycles. The molecule has 2 atom stereocenters. The maximum absolute atomic E-state index is 11.6. The summed E-state index contributed by atoms with van der Waals surface area (Å²) in [6.07, 6.45) is 1.94. The minimum Gasteiger partial charge on any atom is -0.445 e. The third-order valence-electron chi connectivity index (χ3n) is 3.26. The highest BCUT2D eigenvalue weighted by atomic mass is 16.5. The van der Waals surface area contributed by atoms with Crippen LogP contribution in [0.1, 0.15) is 25.3 Å². The average Bonchev–Trinajstić information content (AvgIpc) is 2.91. The zero-order chi connectivity index (χ0) is 12.8. The normalized spacial score (nSPS) is 20.4. The molecule has 2 unspecified atom stereocenters. The Bertz CT molecular complexity index is 375. The molecule has 1 aliphatic rings. The van der Waals surface area contributed by atoms with Crippen LogP contribution in [0.25, 0.3) is 0 Å². The van der Waals surface area contributed by atoms with Crippen molar-refractivity contribution in [3.8, 4) is 0 Å². The molecule has 1 fully saturated rings. The number of hydrogen-bond donors (Lipinski definition) is 2. The first-order valence-electron chi connectivity index (χ1n) is 6.46. The van der Waals surface area contributed by atoms with E-state index in [4.69, 9.17) is 4.74 Å². The molecule has 98 valence electrons. The van der Waals surface area contributed by atoms with Gasteiger partial charge in [-0.2, -0.15) is 0 Å². The van der Waals surface area contributed by atoms with E-state index in [1.165, 1.54) is 6.42 Å². The minimum atomic E-state index is -0.347. The van der Waals surface area contributed by atoms with Crippen LogP contribution in [0, 0.1) is 0 Å². The lowest BCUT2D eigenvalue weighted by atomic mass is 10.1. The summed E-state index contributed by atoms with van der Waals surface area (Å²) in [6.45, 7) is 3.36. The molecule has 4 nitrogen and oxygen atoms in total. The first-order chi connectivity index (χ1) is 8.75. The van der Waals surface area contributed by atoms with Crippen molar-refractivity contribution in [2.75, 3.05) is 6.54 Å². The van der Waals surface area contributed by atoms with Crippen molar-refractivity contribution in [3.05, 3.63) is 35.9 Å². The molecule has 1 amide bonds. The second-order valence-corrected chi connectivity index (χ2v) is 4.70. The molecular weight excluding hydrogens is 228 g/mol. The highest BCUT2D eigenvalue weighted by Gasteiger charge is 2.22. The molecule has 0 aromatic heterocycles. The van der Waals surface area contributed by atoms with Crippen LogP contribution >= 0.6 is 0 Å². The van der Waals surface area contributed by atoms with E-state index >= 15 is 0 Å². The monoisotopic (exact) mass is 248 g/mol. The van der Waals surface area contributed by atoms with Crippen molar-refractivity contribution < 1.29 is 9.53 Å². The van der Waals surface area contributed by atoms with Crippen molar-refractivity contribution in [1.82, 2.24) is 10.6 Å². The van der Waals surface area contributed by atoms with Gasteiger partial charge < -0.3 is 15.4 Å². The van der Waals surface area contributed by atoms with E-state index < -0.39 is 0 Å². The fourth-order valence-electron chi connectivity index (χ4n) is 2.19. The van der Waals surface area contributed by atoms with Gasteiger partial charge in [-0.3, -0.25) is 0 Å². The van der Waals surface area contributed by atoms with Crippen molar-refractivity contribution in [2.24, 2.45) is 0 Å². The Labute approximate surface area is 108 Å². The Balaban J connectivity index is 1.71. The van der Waals surface area contributed by atoms with Crippen LogP contribution in [-0.4, -0.2) is 24.7 Å². The number of ether oxygens (including phenoxy) is 1. The van der Waals surface area contributed by atoms with Crippen LogP contribution in [0.4, 0.5) is 4.79 Å². The summed E-state index contributed by atoms with van der Waals surface area (Å²) in [7, 11) is 0. The van der Waals surface area contributed by atoms with Gasteiger partial charge in [0.2, 0.25) is 0 Å². The van der Waals surface area contributed by atoms with Gasteiger partial charge in [0.1, 0.15) is 6.61 Å². The molecule has 0 spiro atoms. The van der Waals surface area contributed by atoms with Crippen LogP contribution in [-0.2, 0) is 11.3 Å². The predicted molar refractivity (Wildman–Crippen MR) is 70.2 cm³/mol. The summed E-state index contributed by atoms with van der Waals surface area (Å²) in [6, 6.07) is 10.2. The molecule has 0 aliphatic carbocycles. The van der Waals surface area contributed by atoms with E-state index in [0.29, 0.717) is 12.6 Å². The molecule has 0 bridgehead atoms. The van der Waals surface area contributed by atoms with Crippen molar-refractivity contribution in [3.63, 3.8) is 0 Å². The fraction of sp³-hybridized carbons (Fsp3) is 0.500. The van der Waals surface area contributed by atoms with Gasteiger partial charge in [0.25, 0.3) is 0 Å². The highest BCUT2D eigenvalue weighted by Crippen LogP contribution is 2.09. The quantitative estimate of drug-likeness (QED) is 0.857. The Morgan fingerprint density at radius 3 is 2.94 bits per heavy atom. The molecule has 1 aromatic rings. The van der Waals surface area contributed by atoms with E-state index in [9.17, 15) is 4.79 Å². The molecule has 4 heteroatoms. The van der Waals surface area contributed by atoms with Gasteiger partial charge in [-0.1, -0.05) is 30.3 Å². The van der Waals surface area contributed by atoms with Crippen molar-refractivity contribution >= 4 is 6.09 Å². The number of nitrogens with one attached hydrogen (secondary N) is 2. The fourth-order valence-corrected chi connectivity index (χ4v) is 2.19. The maximum atomic E-state index is 11.6. The van der Waals surface area contributed by atoms with Gasteiger partial charge in [-0.15, -0.1) is 0 Å². The molecular formula is C14H20N2O2. The lowest BCUT2D eigenvalue weighted by Gasteiger charge is -2.20. The highest BCUT2D eigenvalue weighted by molar-refractivity contribution is 5.67. The summed E-state index contributed by atoms with van der Waals surface area (Å²) < 4.78 is 5.18. The third-order valence-corrected chi connectivity index (χ3v) is 3.26. The van der Waals surface area contributed by atoms with Crippen LogP contribution in [0.15, 0.2) is 30.3 Å². The van der Waals surface area contributed by atoms with E-state index in [2.05, 4.69) is 10.6 Å². The lowest BCUT2D eigenvalue weighted by Crippen LogP contribution is -2.45. The second-order valence-electron chi connectivity index (χ2n) is 4.70. The number of amides is 1. The minimum absolute atomic E-state index is 0.107. The van der Waals surface area contributed by atoms with Gasteiger partial charge >= 0.3 is 6.09 Å². The largest absolute Gasteiger partial charge is 0.445 e. The summed E-state index contributed by atoms with van der Waals surface area (Å²) in [5.74, 6) is 0.